The number of halogens is 1. The number of carbonyl (C=O) groups is 2. The summed E-state index contributed by atoms with van der Waals surface area (Å²) < 4.78 is 0. The summed E-state index contributed by atoms with van der Waals surface area (Å²) in [7, 11) is 0. The molecule has 164 valence electrons. The molecule has 7 N–H and O–H groups in total. The van der Waals surface area contributed by atoms with Crippen LogP contribution in [0, 0.1) is 0 Å². The molecular formula is C20H25ClN8O2. The van der Waals surface area contributed by atoms with Gasteiger partial charge >= 0.3 is 0 Å². The van der Waals surface area contributed by atoms with Gasteiger partial charge in [-0.2, -0.15) is 0 Å². The Morgan fingerprint density at radius 1 is 1.13 bits per heavy atom. The Labute approximate surface area is 184 Å². The fourth-order valence-corrected chi connectivity index (χ4v) is 3.21. The molecule has 31 heavy (non-hydrogen) atoms. The van der Waals surface area contributed by atoms with Gasteiger partial charge in [0.2, 0.25) is 5.91 Å². The summed E-state index contributed by atoms with van der Waals surface area (Å²) >= 11 is 5.81. The van der Waals surface area contributed by atoms with Gasteiger partial charge in [0.1, 0.15) is 0 Å². The number of benzene rings is 1. The van der Waals surface area contributed by atoms with E-state index in [1.165, 1.54) is 0 Å². The van der Waals surface area contributed by atoms with Crippen molar-refractivity contribution in [2.75, 3.05) is 24.6 Å². The zero-order chi connectivity index (χ0) is 22.2. The Morgan fingerprint density at radius 2 is 1.90 bits per heavy atom. The summed E-state index contributed by atoms with van der Waals surface area (Å²) in [5, 5.41) is 8.61. The second-order valence-corrected chi connectivity index (χ2v) is 7.48. The number of guanidine groups is 1. The molecule has 1 aliphatic rings. The van der Waals surface area contributed by atoms with Gasteiger partial charge in [-0.25, -0.2) is 9.97 Å². The number of nitrogen functional groups attached to an aromatic ring is 2. The van der Waals surface area contributed by atoms with Crippen molar-refractivity contribution in [1.29, 1.82) is 0 Å². The number of unbranched alkanes of at least 4 members (excludes halogenated alkanes) is 1. The summed E-state index contributed by atoms with van der Waals surface area (Å²) in [6.07, 6.45) is 3.01. The van der Waals surface area contributed by atoms with Crippen LogP contribution in [0.15, 0.2) is 35.3 Å². The van der Waals surface area contributed by atoms with Crippen LogP contribution in [0.1, 0.15) is 35.3 Å². The number of amides is 2. The molecule has 0 bridgehead atoms. The first-order valence-corrected chi connectivity index (χ1v) is 10.3. The number of hydrogen-bond acceptors (Lipinski definition) is 8. The summed E-state index contributed by atoms with van der Waals surface area (Å²) in [5.41, 5.74) is 12.1. The van der Waals surface area contributed by atoms with Crippen LogP contribution >= 0.6 is 11.6 Å². The van der Waals surface area contributed by atoms with Gasteiger partial charge < -0.3 is 22.1 Å². The molecule has 1 aromatic carbocycles. The molecule has 10 nitrogen and oxygen atoms in total. The minimum atomic E-state index is -0.570. The maximum atomic E-state index is 12.3. The first-order chi connectivity index (χ1) is 14.9. The highest BCUT2D eigenvalue weighted by atomic mass is 35.5. The van der Waals surface area contributed by atoms with Crippen molar-refractivity contribution in [3.8, 4) is 0 Å². The number of aliphatic imine (C=N–C) groups is 1. The largest absolute Gasteiger partial charge is 0.382 e. The second kappa shape index (κ2) is 10.6. The third-order valence-corrected chi connectivity index (χ3v) is 4.95. The van der Waals surface area contributed by atoms with Gasteiger partial charge in [0.15, 0.2) is 28.4 Å². The summed E-state index contributed by atoms with van der Waals surface area (Å²) in [4.78, 5) is 36.2. The molecule has 0 spiro atoms. The highest BCUT2D eigenvalue weighted by molar-refractivity contribution is 6.31. The van der Waals surface area contributed by atoms with Gasteiger partial charge in [-0.1, -0.05) is 41.9 Å². The lowest BCUT2D eigenvalue weighted by atomic mass is 10.1. The van der Waals surface area contributed by atoms with Gasteiger partial charge in [-0.15, -0.1) is 0 Å². The van der Waals surface area contributed by atoms with E-state index in [1.807, 2.05) is 30.3 Å². The lowest BCUT2D eigenvalue weighted by molar-refractivity contribution is -0.120. The van der Waals surface area contributed by atoms with Crippen LogP contribution < -0.4 is 27.4 Å². The van der Waals surface area contributed by atoms with E-state index in [4.69, 9.17) is 23.1 Å². The summed E-state index contributed by atoms with van der Waals surface area (Å²) in [6, 6.07) is 9.74. The van der Waals surface area contributed by atoms with E-state index >= 15 is 0 Å². The molecule has 2 heterocycles. The summed E-state index contributed by atoms with van der Waals surface area (Å²) in [5.74, 6) is -0.351. The topological polar surface area (TPSA) is 160 Å². The van der Waals surface area contributed by atoms with Crippen LogP contribution in [0.4, 0.5) is 11.6 Å². The van der Waals surface area contributed by atoms with E-state index in [1.54, 1.807) is 0 Å². The first kappa shape index (κ1) is 22.3. The number of anilines is 2. The number of aromatic nitrogens is 2. The number of nitrogens with one attached hydrogen (secondary N) is 3. The molecule has 0 aliphatic carbocycles. The Balaban J connectivity index is 1.32. The molecule has 1 aromatic heterocycles. The van der Waals surface area contributed by atoms with Crippen molar-refractivity contribution in [1.82, 2.24) is 25.9 Å². The van der Waals surface area contributed by atoms with Crippen LogP contribution in [-0.4, -0.2) is 46.9 Å². The average molecular weight is 445 g/mol. The van der Waals surface area contributed by atoms with Gasteiger partial charge in [0.05, 0.1) is 13.0 Å². The van der Waals surface area contributed by atoms with Crippen molar-refractivity contribution in [2.45, 2.75) is 31.7 Å². The highest BCUT2D eigenvalue weighted by Crippen LogP contribution is 2.17. The van der Waals surface area contributed by atoms with E-state index in [2.05, 4.69) is 30.9 Å². The average Bonchev–Trinajstić information content (AvgIpc) is 3.18. The van der Waals surface area contributed by atoms with E-state index in [9.17, 15) is 9.59 Å². The normalized spacial score (nSPS) is 15.1. The molecule has 3 rings (SSSR count). The standard InChI is InChI=1S/C20H25ClN8O2/c21-16-18(23)28-17(22)15(27-16)19(31)29-20-25-11-13(26-20)8-4-5-9-24-14(30)10-12-6-2-1-3-7-12/h1-3,6-7,13H,4-5,8-11H2,(H,24,30)(H4,22,23,28)(H2,25,26,29,31)/t13-/m1/s1. The van der Waals surface area contributed by atoms with Crippen LogP contribution in [-0.2, 0) is 11.2 Å². The molecule has 2 amide bonds. The molecule has 1 atom stereocenters. The fraction of sp³-hybridized carbons (Fsp3) is 0.350. The zero-order valence-corrected chi connectivity index (χ0v) is 17.7. The van der Waals surface area contributed by atoms with Crippen molar-refractivity contribution in [3.05, 3.63) is 46.7 Å². The zero-order valence-electron chi connectivity index (χ0n) is 16.9. The smallest absolute Gasteiger partial charge is 0.280 e. The lowest BCUT2D eigenvalue weighted by Gasteiger charge is -2.12. The highest BCUT2D eigenvalue weighted by Gasteiger charge is 2.22. The minimum Gasteiger partial charge on any atom is -0.382 e. The second-order valence-electron chi connectivity index (χ2n) is 7.13. The van der Waals surface area contributed by atoms with Crippen LogP contribution in [0.3, 0.4) is 0 Å². The van der Waals surface area contributed by atoms with E-state index < -0.39 is 5.91 Å². The molecule has 0 saturated heterocycles. The molecular weight excluding hydrogens is 420 g/mol. The van der Waals surface area contributed by atoms with Crippen molar-refractivity contribution >= 4 is 41.0 Å². The number of carbonyl (C=O) groups excluding carboxylic acids is 2. The number of hydrogen-bond donors (Lipinski definition) is 5. The first-order valence-electron chi connectivity index (χ1n) is 9.94. The van der Waals surface area contributed by atoms with E-state index in [0.29, 0.717) is 25.5 Å². The van der Waals surface area contributed by atoms with Gasteiger partial charge in [-0.3, -0.25) is 19.9 Å². The Morgan fingerprint density at radius 3 is 2.68 bits per heavy atom. The molecule has 1 aliphatic heterocycles. The van der Waals surface area contributed by atoms with Crippen molar-refractivity contribution < 1.29 is 9.59 Å². The predicted octanol–water partition coefficient (Wildman–Crippen LogP) is 0.881. The van der Waals surface area contributed by atoms with E-state index in [-0.39, 0.29) is 34.4 Å². The van der Waals surface area contributed by atoms with Gasteiger partial charge in [0, 0.05) is 12.6 Å². The summed E-state index contributed by atoms with van der Waals surface area (Å²) in [6.45, 7) is 1.16. The fourth-order valence-electron chi connectivity index (χ4n) is 3.09. The molecule has 0 radical (unpaired) electrons. The van der Waals surface area contributed by atoms with Gasteiger partial charge in [-0.05, 0) is 24.8 Å². The minimum absolute atomic E-state index is 0.0173. The van der Waals surface area contributed by atoms with E-state index in [0.717, 1.165) is 24.8 Å². The quantitative estimate of drug-likeness (QED) is 0.377. The molecule has 0 saturated carbocycles. The monoisotopic (exact) mass is 444 g/mol. The Kier molecular flexibility index (Phi) is 7.60. The van der Waals surface area contributed by atoms with Gasteiger partial charge in [0.25, 0.3) is 5.91 Å². The number of rotatable bonds is 8. The predicted molar refractivity (Wildman–Crippen MR) is 120 cm³/mol. The Hall–Kier alpha value is -3.40. The SMILES string of the molecule is Nc1nc(N)c(C(=O)NC2=NC[C@@H](CCCCNC(=O)Cc3ccccc3)N2)nc1Cl. The third-order valence-electron chi connectivity index (χ3n) is 4.67. The van der Waals surface area contributed by atoms with Crippen LogP contribution in [0.5, 0.6) is 0 Å². The van der Waals surface area contributed by atoms with Crippen LogP contribution in [0.2, 0.25) is 5.15 Å². The molecule has 2 aromatic rings. The van der Waals surface area contributed by atoms with Crippen molar-refractivity contribution in [3.63, 3.8) is 0 Å². The van der Waals surface area contributed by atoms with Crippen molar-refractivity contribution in [2.24, 2.45) is 4.99 Å². The molecule has 0 unspecified atom stereocenters. The van der Waals surface area contributed by atoms with Crippen LogP contribution in [0.25, 0.3) is 0 Å². The molecule has 0 fully saturated rings. The number of nitrogens with two attached hydrogens (primary N) is 2. The molecule has 11 heteroatoms. The third kappa shape index (κ3) is 6.54. The maximum absolute atomic E-state index is 12.3. The number of nitrogens with zero attached hydrogens (tertiary/aromatic N) is 3. The lowest BCUT2D eigenvalue weighted by Crippen LogP contribution is -2.42. The Bertz CT molecular complexity index is 967. The maximum Gasteiger partial charge on any atom is 0.280 e.